The molecule has 0 atom stereocenters. The molecule has 114 valence electrons. The number of esters is 1. The molecule has 2 N–H and O–H groups in total. The molecule has 0 amide bonds. The minimum Gasteiger partial charge on any atom is -0.453 e. The summed E-state index contributed by atoms with van der Waals surface area (Å²) in [5.41, 5.74) is 0. The van der Waals surface area contributed by atoms with Gasteiger partial charge in [0, 0.05) is 6.42 Å². The van der Waals surface area contributed by atoms with Gasteiger partial charge in [0.25, 0.3) is 0 Å². The Bertz CT molecular complexity index is 274. The van der Waals surface area contributed by atoms with Crippen LogP contribution >= 0.6 is 7.60 Å². The Kier molecular flexibility index (Phi) is 11.2. The molecule has 0 unspecified atom stereocenters. The van der Waals surface area contributed by atoms with Crippen LogP contribution in [0.4, 0.5) is 0 Å². The molecule has 19 heavy (non-hydrogen) atoms. The van der Waals surface area contributed by atoms with Gasteiger partial charge in [-0.2, -0.15) is 0 Å². The van der Waals surface area contributed by atoms with Crippen molar-refractivity contribution in [1.82, 2.24) is 0 Å². The van der Waals surface area contributed by atoms with Gasteiger partial charge >= 0.3 is 13.6 Å². The maximum atomic E-state index is 11.1. The summed E-state index contributed by atoms with van der Waals surface area (Å²) in [6, 6.07) is 0. The van der Waals surface area contributed by atoms with Gasteiger partial charge in [0.05, 0.1) is 0 Å². The number of unbranched alkanes of at least 4 members (excludes halogenated alkanes) is 8. The van der Waals surface area contributed by atoms with Gasteiger partial charge in [-0.1, -0.05) is 58.3 Å². The summed E-state index contributed by atoms with van der Waals surface area (Å²) in [6.45, 7) is 2.20. The van der Waals surface area contributed by atoms with E-state index in [-0.39, 0.29) is 6.42 Å². The van der Waals surface area contributed by atoms with E-state index in [9.17, 15) is 9.36 Å². The van der Waals surface area contributed by atoms with Crippen molar-refractivity contribution in [1.29, 1.82) is 0 Å². The van der Waals surface area contributed by atoms with Crippen LogP contribution in [-0.4, -0.2) is 22.1 Å². The summed E-state index contributed by atoms with van der Waals surface area (Å²) in [7, 11) is -4.23. The third kappa shape index (κ3) is 15.6. The zero-order valence-corrected chi connectivity index (χ0v) is 12.7. The molecule has 0 aliphatic heterocycles. The van der Waals surface area contributed by atoms with Crippen LogP contribution < -0.4 is 0 Å². The summed E-state index contributed by atoms with van der Waals surface area (Å²) in [6.07, 6.45) is 9.88. The Morgan fingerprint density at radius 3 is 1.89 bits per heavy atom. The first-order valence-electron chi connectivity index (χ1n) is 7.16. The van der Waals surface area contributed by atoms with Crippen LogP contribution in [0.2, 0.25) is 0 Å². The average molecular weight is 294 g/mol. The second kappa shape index (κ2) is 11.4. The van der Waals surface area contributed by atoms with Crippen LogP contribution in [0.3, 0.4) is 0 Å². The summed E-state index contributed by atoms with van der Waals surface area (Å²) in [4.78, 5) is 28.2. The Labute approximate surface area is 115 Å². The van der Waals surface area contributed by atoms with Crippen LogP contribution in [0.5, 0.6) is 0 Å². The molecule has 0 fully saturated rings. The van der Waals surface area contributed by atoms with E-state index in [1.165, 1.54) is 38.5 Å². The van der Waals surface area contributed by atoms with Gasteiger partial charge in [0.15, 0.2) is 6.35 Å². The molecular weight excluding hydrogens is 267 g/mol. The third-order valence-corrected chi connectivity index (χ3v) is 3.34. The van der Waals surface area contributed by atoms with E-state index in [4.69, 9.17) is 9.79 Å². The lowest BCUT2D eigenvalue weighted by atomic mass is 10.1. The first kappa shape index (κ1) is 18.6. The fourth-order valence-corrected chi connectivity index (χ4v) is 2.12. The number of ether oxygens (including phenoxy) is 1. The summed E-state index contributed by atoms with van der Waals surface area (Å²) >= 11 is 0. The highest BCUT2D eigenvalue weighted by molar-refractivity contribution is 7.51. The van der Waals surface area contributed by atoms with E-state index in [1.807, 2.05) is 0 Å². The quantitative estimate of drug-likeness (QED) is 0.326. The molecular formula is C13H27O5P. The largest absolute Gasteiger partial charge is 0.453 e. The highest BCUT2D eigenvalue weighted by Crippen LogP contribution is 2.33. The highest BCUT2D eigenvalue weighted by atomic mass is 31.2. The minimum absolute atomic E-state index is 0.246. The first-order valence-corrected chi connectivity index (χ1v) is 8.95. The molecule has 0 aliphatic carbocycles. The fraction of sp³-hybridized carbons (Fsp3) is 0.923. The number of hydrogen-bond acceptors (Lipinski definition) is 3. The van der Waals surface area contributed by atoms with Crippen molar-refractivity contribution < 1.29 is 23.9 Å². The van der Waals surface area contributed by atoms with Crippen LogP contribution in [0, 0.1) is 0 Å². The van der Waals surface area contributed by atoms with Gasteiger partial charge in [-0.15, -0.1) is 0 Å². The summed E-state index contributed by atoms with van der Waals surface area (Å²) < 4.78 is 15.0. The Morgan fingerprint density at radius 1 is 0.947 bits per heavy atom. The molecule has 6 heteroatoms. The van der Waals surface area contributed by atoms with Crippen molar-refractivity contribution in [2.45, 2.75) is 71.1 Å². The molecule has 0 heterocycles. The topological polar surface area (TPSA) is 83.8 Å². The van der Waals surface area contributed by atoms with E-state index in [0.29, 0.717) is 0 Å². The van der Waals surface area contributed by atoms with E-state index in [2.05, 4.69) is 11.7 Å². The van der Waals surface area contributed by atoms with E-state index in [0.717, 1.165) is 19.3 Å². The average Bonchev–Trinajstić information content (AvgIpc) is 2.33. The molecule has 0 rings (SSSR count). The smallest absolute Gasteiger partial charge is 0.362 e. The molecule has 0 spiro atoms. The first-order chi connectivity index (χ1) is 8.95. The summed E-state index contributed by atoms with van der Waals surface area (Å²) in [5, 5.41) is 0. The van der Waals surface area contributed by atoms with Crippen molar-refractivity contribution in [3.05, 3.63) is 0 Å². The van der Waals surface area contributed by atoms with Crippen molar-refractivity contribution in [3.63, 3.8) is 0 Å². The van der Waals surface area contributed by atoms with Gasteiger partial charge in [0.2, 0.25) is 0 Å². The predicted molar refractivity (Wildman–Crippen MR) is 74.8 cm³/mol. The summed E-state index contributed by atoms with van der Waals surface area (Å²) in [5.74, 6) is -0.522. The molecule has 0 aromatic carbocycles. The second-order valence-electron chi connectivity index (χ2n) is 4.89. The lowest BCUT2D eigenvalue weighted by Gasteiger charge is -2.06. The molecule has 0 saturated carbocycles. The molecule has 0 aromatic rings. The van der Waals surface area contributed by atoms with Gasteiger partial charge in [-0.05, 0) is 6.42 Å². The van der Waals surface area contributed by atoms with Crippen LogP contribution in [0.1, 0.15) is 71.1 Å². The molecule has 0 radical (unpaired) electrons. The minimum atomic E-state index is -4.23. The predicted octanol–water partition coefficient (Wildman–Crippen LogP) is 3.59. The number of rotatable bonds is 12. The van der Waals surface area contributed by atoms with E-state index in [1.54, 1.807) is 0 Å². The maximum Gasteiger partial charge on any atom is 0.362 e. The lowest BCUT2D eigenvalue weighted by Crippen LogP contribution is -2.05. The molecule has 0 aromatic heterocycles. The van der Waals surface area contributed by atoms with Crippen molar-refractivity contribution in [2.24, 2.45) is 0 Å². The Balaban J connectivity index is 3.25. The van der Waals surface area contributed by atoms with Crippen molar-refractivity contribution in [3.8, 4) is 0 Å². The zero-order valence-electron chi connectivity index (χ0n) is 11.8. The van der Waals surface area contributed by atoms with Gasteiger partial charge in [0.1, 0.15) is 0 Å². The van der Waals surface area contributed by atoms with Gasteiger partial charge in [-0.25, -0.2) is 0 Å². The third-order valence-electron chi connectivity index (χ3n) is 2.88. The standard InChI is InChI=1S/C13H27O5P/c1-2-3-4-5-6-7-8-9-10-11-13(14)18-12-19(15,16)17/h2-12H2,1H3,(H2,15,16,17). The lowest BCUT2D eigenvalue weighted by molar-refractivity contribution is -0.142. The number of hydrogen-bond donors (Lipinski definition) is 2. The molecule has 0 aliphatic rings. The SMILES string of the molecule is CCCCCCCCCCCC(=O)OCP(=O)(O)O. The molecule has 0 bridgehead atoms. The van der Waals surface area contributed by atoms with Crippen LogP contribution in [0.25, 0.3) is 0 Å². The molecule has 0 saturated heterocycles. The Hall–Kier alpha value is -0.380. The number of carbonyl (C=O) groups excluding carboxylic acids is 1. The molecule has 5 nitrogen and oxygen atoms in total. The van der Waals surface area contributed by atoms with Crippen LogP contribution in [-0.2, 0) is 14.1 Å². The monoisotopic (exact) mass is 294 g/mol. The highest BCUT2D eigenvalue weighted by Gasteiger charge is 2.15. The van der Waals surface area contributed by atoms with E-state index < -0.39 is 19.9 Å². The maximum absolute atomic E-state index is 11.1. The van der Waals surface area contributed by atoms with Gasteiger partial charge in [-0.3, -0.25) is 9.36 Å². The van der Waals surface area contributed by atoms with Crippen molar-refractivity contribution in [2.75, 3.05) is 6.35 Å². The fourth-order valence-electron chi connectivity index (χ4n) is 1.81. The second-order valence-corrected chi connectivity index (χ2v) is 6.48. The van der Waals surface area contributed by atoms with Crippen molar-refractivity contribution >= 4 is 13.6 Å². The Morgan fingerprint density at radius 2 is 1.42 bits per heavy atom. The number of carbonyl (C=O) groups is 1. The zero-order chi connectivity index (χ0) is 14.6. The normalized spacial score (nSPS) is 11.5. The van der Waals surface area contributed by atoms with Gasteiger partial charge < -0.3 is 14.5 Å². The van der Waals surface area contributed by atoms with Crippen LogP contribution in [0.15, 0.2) is 0 Å². The van der Waals surface area contributed by atoms with E-state index >= 15 is 0 Å².